The monoisotopic (exact) mass is 486 g/mol. The summed E-state index contributed by atoms with van der Waals surface area (Å²) in [7, 11) is 1.70. The van der Waals surface area contributed by atoms with Crippen LogP contribution in [0.4, 0.5) is 10.2 Å². The molecular formula is C26H36ClFN6. The molecule has 1 aromatic heterocycles. The molecule has 0 radical (unpaired) electrons. The van der Waals surface area contributed by atoms with Gasteiger partial charge >= 0.3 is 0 Å². The largest absolute Gasteiger partial charge is 0.370 e. The summed E-state index contributed by atoms with van der Waals surface area (Å²) in [6.45, 7) is 14.0. The summed E-state index contributed by atoms with van der Waals surface area (Å²) in [5, 5.41) is 3.34. The Balaban J connectivity index is 1.98. The molecule has 0 amide bonds. The van der Waals surface area contributed by atoms with Crippen molar-refractivity contribution in [2.75, 3.05) is 25.5 Å². The first-order chi connectivity index (χ1) is 16.4. The number of hydrogen-bond acceptors (Lipinski definition) is 4. The van der Waals surface area contributed by atoms with Crippen molar-refractivity contribution in [3.8, 4) is 0 Å². The lowest BCUT2D eigenvalue weighted by molar-refractivity contribution is 0.374. The maximum atomic E-state index is 13.2. The van der Waals surface area contributed by atoms with Gasteiger partial charge in [-0.05, 0) is 74.7 Å². The van der Waals surface area contributed by atoms with E-state index in [1.807, 2.05) is 6.92 Å². The van der Waals surface area contributed by atoms with Crippen LogP contribution in [0.2, 0.25) is 5.28 Å². The summed E-state index contributed by atoms with van der Waals surface area (Å²) in [4.78, 5) is 18.6. The number of amidine groups is 1. The number of aliphatic imine (C=N–C) groups is 2. The molecule has 0 aliphatic rings. The van der Waals surface area contributed by atoms with Crippen LogP contribution >= 0.6 is 11.6 Å². The van der Waals surface area contributed by atoms with Gasteiger partial charge in [0.05, 0.1) is 5.70 Å². The van der Waals surface area contributed by atoms with Gasteiger partial charge in [-0.25, -0.2) is 9.38 Å². The number of unbranched alkanes of at least 4 members (excludes halogenated alkanes) is 3. The predicted molar refractivity (Wildman–Crippen MR) is 143 cm³/mol. The molecular weight excluding hydrogens is 451 g/mol. The number of H-pyrrole nitrogens is 1. The van der Waals surface area contributed by atoms with Crippen molar-refractivity contribution in [3.63, 3.8) is 0 Å². The van der Waals surface area contributed by atoms with Gasteiger partial charge in [0, 0.05) is 31.4 Å². The third-order valence-corrected chi connectivity index (χ3v) is 5.62. The SMILES string of the molecule is C=CNc1nc(Cl)[nH]c1C(=C)N(CCCCC)CCCCC(C)=NC(=NC)c1ccc(F)cc1. The Morgan fingerprint density at radius 1 is 1.21 bits per heavy atom. The average molecular weight is 487 g/mol. The molecule has 1 aromatic carbocycles. The second kappa shape index (κ2) is 14.4. The van der Waals surface area contributed by atoms with E-state index in [0.29, 0.717) is 16.9 Å². The quantitative estimate of drug-likeness (QED) is 0.173. The predicted octanol–water partition coefficient (Wildman–Crippen LogP) is 6.93. The standard InChI is InChI=1S/C26H36ClFN6/c1-6-8-10-17-34(20(4)23-25(30-7-2)33-26(27)32-23)18-11-9-12-19(3)31-24(29-5)21-13-15-22(28)16-14-21/h7,13-16,30H,2,4,6,8-12,17-18H2,1,3,5H3,(H,32,33). The van der Waals surface area contributed by atoms with Gasteiger partial charge in [-0.15, -0.1) is 0 Å². The molecule has 0 spiro atoms. The first-order valence-electron chi connectivity index (χ1n) is 11.7. The molecule has 1 heterocycles. The lowest BCUT2D eigenvalue weighted by Gasteiger charge is -2.26. The summed E-state index contributed by atoms with van der Waals surface area (Å²) in [5.74, 6) is 0.973. The number of halogens is 2. The van der Waals surface area contributed by atoms with Crippen LogP contribution in [-0.2, 0) is 0 Å². The van der Waals surface area contributed by atoms with Crippen molar-refractivity contribution >= 4 is 34.7 Å². The number of hydrogen-bond donors (Lipinski definition) is 2. The van der Waals surface area contributed by atoms with Crippen LogP contribution < -0.4 is 5.32 Å². The van der Waals surface area contributed by atoms with Crippen LogP contribution in [0.1, 0.15) is 63.6 Å². The van der Waals surface area contributed by atoms with Gasteiger partial charge < -0.3 is 15.2 Å². The Hall–Kier alpha value is -2.93. The fourth-order valence-corrected chi connectivity index (χ4v) is 3.79. The van der Waals surface area contributed by atoms with Gasteiger partial charge in [0.25, 0.3) is 0 Å². The molecule has 2 rings (SSSR count). The van der Waals surface area contributed by atoms with Crippen molar-refractivity contribution in [2.24, 2.45) is 9.98 Å². The Morgan fingerprint density at radius 3 is 2.50 bits per heavy atom. The Labute approximate surface area is 207 Å². The van der Waals surface area contributed by atoms with E-state index in [4.69, 9.17) is 11.6 Å². The molecule has 0 saturated carbocycles. The topological polar surface area (TPSA) is 68.7 Å². The Morgan fingerprint density at radius 2 is 1.88 bits per heavy atom. The van der Waals surface area contributed by atoms with Crippen molar-refractivity contribution in [1.29, 1.82) is 0 Å². The van der Waals surface area contributed by atoms with Crippen LogP contribution in [-0.4, -0.2) is 46.6 Å². The van der Waals surface area contributed by atoms with Crippen LogP contribution in [0.5, 0.6) is 0 Å². The zero-order chi connectivity index (χ0) is 24.9. The fraction of sp³-hybridized carbons (Fsp3) is 0.423. The number of benzene rings is 1. The highest BCUT2D eigenvalue weighted by Gasteiger charge is 2.17. The third kappa shape index (κ3) is 8.45. The molecule has 0 bridgehead atoms. The van der Waals surface area contributed by atoms with E-state index >= 15 is 0 Å². The van der Waals surface area contributed by atoms with Crippen molar-refractivity contribution in [3.05, 3.63) is 66.0 Å². The Bertz CT molecular complexity index is 993. The number of aromatic amines is 1. The first-order valence-corrected chi connectivity index (χ1v) is 12.1. The van der Waals surface area contributed by atoms with Crippen molar-refractivity contribution in [2.45, 2.75) is 52.4 Å². The van der Waals surface area contributed by atoms with Gasteiger partial charge in [-0.1, -0.05) is 32.9 Å². The minimum atomic E-state index is -0.269. The van der Waals surface area contributed by atoms with Crippen molar-refractivity contribution in [1.82, 2.24) is 14.9 Å². The van der Waals surface area contributed by atoms with Crippen LogP contribution in [0.3, 0.4) is 0 Å². The highest BCUT2D eigenvalue weighted by atomic mass is 35.5. The molecule has 0 unspecified atom stereocenters. The van der Waals surface area contributed by atoms with E-state index in [0.717, 1.165) is 67.9 Å². The van der Waals surface area contributed by atoms with Crippen molar-refractivity contribution < 1.29 is 4.39 Å². The van der Waals surface area contributed by atoms with Gasteiger partial charge in [0.15, 0.2) is 11.7 Å². The van der Waals surface area contributed by atoms with Gasteiger partial charge in [-0.2, -0.15) is 4.98 Å². The van der Waals surface area contributed by atoms with Gasteiger partial charge in [0.1, 0.15) is 11.5 Å². The Kier molecular flexibility index (Phi) is 11.5. The van der Waals surface area contributed by atoms with E-state index in [2.05, 4.69) is 50.3 Å². The molecule has 0 saturated heterocycles. The minimum Gasteiger partial charge on any atom is -0.370 e. The normalized spacial score (nSPS) is 12.0. The summed E-state index contributed by atoms with van der Waals surface area (Å²) in [6.07, 6.45) is 7.81. The number of imidazole rings is 1. The number of aromatic nitrogens is 2. The van der Waals surface area contributed by atoms with Gasteiger partial charge in [0.2, 0.25) is 5.28 Å². The smallest absolute Gasteiger partial charge is 0.202 e. The molecule has 2 N–H and O–H groups in total. The molecule has 0 aliphatic carbocycles. The zero-order valence-electron chi connectivity index (χ0n) is 20.5. The first kappa shape index (κ1) is 27.3. The van der Waals surface area contributed by atoms with Crippen LogP contribution in [0.15, 0.2) is 53.6 Å². The number of nitrogens with one attached hydrogen (secondary N) is 2. The maximum absolute atomic E-state index is 13.2. The second-order valence-corrected chi connectivity index (χ2v) is 8.46. The molecule has 0 fully saturated rings. The number of nitrogens with zero attached hydrogens (tertiary/aromatic N) is 4. The van der Waals surface area contributed by atoms with Crippen LogP contribution in [0, 0.1) is 5.82 Å². The number of rotatable bonds is 14. The van der Waals surface area contributed by atoms with E-state index in [9.17, 15) is 4.39 Å². The summed E-state index contributed by atoms with van der Waals surface area (Å²) in [5.41, 5.74) is 3.45. The highest BCUT2D eigenvalue weighted by Crippen LogP contribution is 2.26. The van der Waals surface area contributed by atoms with E-state index in [1.54, 1.807) is 25.4 Å². The summed E-state index contributed by atoms with van der Waals surface area (Å²) >= 11 is 6.10. The molecule has 34 heavy (non-hydrogen) atoms. The molecule has 8 heteroatoms. The molecule has 6 nitrogen and oxygen atoms in total. The second-order valence-electron chi connectivity index (χ2n) is 8.10. The van der Waals surface area contributed by atoms with E-state index < -0.39 is 0 Å². The fourth-order valence-electron chi connectivity index (χ4n) is 3.61. The molecule has 2 aromatic rings. The average Bonchev–Trinajstić information content (AvgIpc) is 3.19. The molecule has 184 valence electrons. The lowest BCUT2D eigenvalue weighted by Crippen LogP contribution is -2.25. The molecule has 0 atom stereocenters. The highest BCUT2D eigenvalue weighted by molar-refractivity contribution is 6.28. The summed E-state index contributed by atoms with van der Waals surface area (Å²) in [6, 6.07) is 6.25. The maximum Gasteiger partial charge on any atom is 0.202 e. The lowest BCUT2D eigenvalue weighted by atomic mass is 10.1. The third-order valence-electron chi connectivity index (χ3n) is 5.44. The van der Waals surface area contributed by atoms with Gasteiger partial charge in [-0.3, -0.25) is 4.99 Å². The number of anilines is 1. The van der Waals surface area contributed by atoms with E-state index in [-0.39, 0.29) is 5.82 Å². The minimum absolute atomic E-state index is 0.269. The molecule has 0 aliphatic heterocycles. The van der Waals surface area contributed by atoms with Crippen LogP contribution in [0.25, 0.3) is 5.70 Å². The summed E-state index contributed by atoms with van der Waals surface area (Å²) < 4.78 is 13.2. The zero-order valence-corrected chi connectivity index (χ0v) is 21.3. The van der Waals surface area contributed by atoms with E-state index in [1.165, 1.54) is 18.6 Å².